The predicted octanol–water partition coefficient (Wildman–Crippen LogP) is 3.25. The zero-order valence-electron chi connectivity index (χ0n) is 18.5. The predicted molar refractivity (Wildman–Crippen MR) is 114 cm³/mol. The molecule has 6 heteroatoms. The summed E-state index contributed by atoms with van der Waals surface area (Å²) in [7, 11) is 1.29. The Morgan fingerprint density at radius 2 is 1.78 bits per heavy atom. The molecule has 0 aromatic heterocycles. The molecule has 6 nitrogen and oxygen atoms in total. The highest BCUT2D eigenvalue weighted by Crippen LogP contribution is 2.64. The topological polar surface area (TPSA) is 86.7 Å². The summed E-state index contributed by atoms with van der Waals surface area (Å²) in [6, 6.07) is 8.75. The number of esters is 2. The van der Waals surface area contributed by atoms with Crippen molar-refractivity contribution in [2.45, 2.75) is 32.8 Å². The number of ether oxygens (including phenoxy) is 2. The van der Waals surface area contributed by atoms with E-state index in [0.29, 0.717) is 18.4 Å². The molecule has 1 aromatic carbocycles. The summed E-state index contributed by atoms with van der Waals surface area (Å²) in [4.78, 5) is 53.3. The van der Waals surface area contributed by atoms with Crippen LogP contribution < -0.4 is 0 Å². The Morgan fingerprint density at radius 3 is 2.47 bits per heavy atom. The molecule has 4 aliphatic carbocycles. The van der Waals surface area contributed by atoms with Crippen molar-refractivity contribution in [3.8, 4) is 0 Å². The van der Waals surface area contributed by atoms with Crippen molar-refractivity contribution >= 4 is 23.5 Å². The Kier molecular flexibility index (Phi) is 4.88. The third-order valence-corrected chi connectivity index (χ3v) is 8.56. The number of carbonyl (C=O) groups is 4. The van der Waals surface area contributed by atoms with E-state index in [4.69, 9.17) is 9.47 Å². The van der Waals surface area contributed by atoms with E-state index in [0.717, 1.165) is 0 Å². The summed E-state index contributed by atoms with van der Waals surface area (Å²) in [5, 5.41) is 0. The van der Waals surface area contributed by atoms with Gasteiger partial charge in [-0.2, -0.15) is 0 Å². The van der Waals surface area contributed by atoms with Crippen LogP contribution in [0.3, 0.4) is 0 Å². The van der Waals surface area contributed by atoms with Crippen molar-refractivity contribution in [2.75, 3.05) is 7.11 Å². The summed E-state index contributed by atoms with van der Waals surface area (Å²) in [5.74, 6) is -3.55. The van der Waals surface area contributed by atoms with Crippen molar-refractivity contribution in [3.05, 3.63) is 48.0 Å². The number of ketones is 2. The molecule has 0 heterocycles. The normalized spacial score (nSPS) is 41.7. The van der Waals surface area contributed by atoms with Gasteiger partial charge in [-0.05, 0) is 36.3 Å². The first kappa shape index (κ1) is 21.1. The van der Waals surface area contributed by atoms with Gasteiger partial charge in [-0.1, -0.05) is 44.2 Å². The second-order valence-electron chi connectivity index (χ2n) is 9.90. The van der Waals surface area contributed by atoms with Gasteiger partial charge < -0.3 is 9.47 Å². The molecule has 4 aliphatic rings. The minimum Gasteiger partial charge on any atom is -0.468 e. The second-order valence-corrected chi connectivity index (χ2v) is 9.90. The number of Topliss-reactive ketones (excluding diaryl/α,β-unsaturated/α-hetero) is 2. The van der Waals surface area contributed by atoms with Gasteiger partial charge in [0, 0.05) is 30.1 Å². The molecule has 3 fully saturated rings. The molecule has 168 valence electrons. The molecule has 5 rings (SSSR count). The number of carbonyl (C=O) groups excluding carboxylic acids is 4. The molecule has 3 saturated carbocycles. The quantitative estimate of drug-likeness (QED) is 0.411. The van der Waals surface area contributed by atoms with Crippen molar-refractivity contribution in [3.63, 3.8) is 0 Å². The maximum atomic E-state index is 14.1. The van der Waals surface area contributed by atoms with Gasteiger partial charge >= 0.3 is 11.9 Å². The van der Waals surface area contributed by atoms with E-state index in [2.05, 4.69) is 0 Å². The highest BCUT2D eigenvalue weighted by molar-refractivity contribution is 6.09. The lowest BCUT2D eigenvalue weighted by Crippen LogP contribution is -2.67. The fourth-order valence-electron chi connectivity index (χ4n) is 7.29. The number of methoxy groups -OCH3 is 1. The van der Waals surface area contributed by atoms with E-state index in [1.807, 2.05) is 32.1 Å². The Balaban J connectivity index is 1.66. The van der Waals surface area contributed by atoms with Crippen LogP contribution in [0.15, 0.2) is 42.5 Å². The maximum Gasteiger partial charge on any atom is 0.338 e. The van der Waals surface area contributed by atoms with Gasteiger partial charge in [0.15, 0.2) is 5.78 Å². The minimum absolute atomic E-state index is 0.000850. The van der Waals surface area contributed by atoms with Crippen molar-refractivity contribution in [2.24, 2.45) is 46.8 Å². The summed E-state index contributed by atoms with van der Waals surface area (Å²) >= 11 is 0. The molecule has 0 spiro atoms. The number of hydrogen-bond donors (Lipinski definition) is 0. The van der Waals surface area contributed by atoms with Gasteiger partial charge in [-0.25, -0.2) is 4.79 Å². The molecule has 32 heavy (non-hydrogen) atoms. The molecule has 0 amide bonds. The van der Waals surface area contributed by atoms with Crippen molar-refractivity contribution in [1.29, 1.82) is 0 Å². The van der Waals surface area contributed by atoms with Crippen LogP contribution in [-0.4, -0.2) is 36.7 Å². The number of hydrogen-bond acceptors (Lipinski definition) is 6. The average Bonchev–Trinajstić information content (AvgIpc) is 3.36. The van der Waals surface area contributed by atoms with Crippen LogP contribution in [0, 0.1) is 46.8 Å². The first-order valence-electron chi connectivity index (χ1n) is 11.4. The van der Waals surface area contributed by atoms with E-state index in [-0.39, 0.29) is 29.3 Å². The number of allylic oxidation sites excluding steroid dienone is 2. The summed E-state index contributed by atoms with van der Waals surface area (Å²) in [6.07, 6.45) is 4.29. The number of fused-ring (bicyclic) bond motifs is 6. The fraction of sp³-hybridized carbons (Fsp3) is 0.538. The molecular weight excluding hydrogens is 408 g/mol. The van der Waals surface area contributed by atoms with Crippen LogP contribution in [0.1, 0.15) is 37.0 Å². The van der Waals surface area contributed by atoms with Crippen molar-refractivity contribution in [1.82, 2.24) is 0 Å². The fourth-order valence-corrected chi connectivity index (χ4v) is 7.29. The van der Waals surface area contributed by atoms with Crippen LogP contribution in [0.2, 0.25) is 0 Å². The van der Waals surface area contributed by atoms with Crippen molar-refractivity contribution < 1.29 is 28.7 Å². The lowest BCUT2D eigenvalue weighted by molar-refractivity contribution is -0.191. The molecule has 1 aromatic rings. The molecule has 5 unspecified atom stereocenters. The van der Waals surface area contributed by atoms with E-state index >= 15 is 0 Å². The van der Waals surface area contributed by atoms with E-state index in [9.17, 15) is 19.2 Å². The lowest BCUT2D eigenvalue weighted by Gasteiger charge is -2.56. The monoisotopic (exact) mass is 436 g/mol. The van der Waals surface area contributed by atoms with Crippen LogP contribution in [0.4, 0.5) is 0 Å². The van der Waals surface area contributed by atoms with Crippen LogP contribution >= 0.6 is 0 Å². The molecule has 0 saturated heterocycles. The van der Waals surface area contributed by atoms with Gasteiger partial charge in [0.05, 0.1) is 12.7 Å². The molecule has 0 aliphatic heterocycles. The Bertz CT molecular complexity index is 1010. The third-order valence-electron chi connectivity index (χ3n) is 8.56. The van der Waals surface area contributed by atoms with Gasteiger partial charge in [-0.15, -0.1) is 0 Å². The van der Waals surface area contributed by atoms with Gasteiger partial charge in [0.2, 0.25) is 0 Å². The largest absolute Gasteiger partial charge is 0.468 e. The van der Waals surface area contributed by atoms with E-state index < -0.39 is 47.1 Å². The van der Waals surface area contributed by atoms with Crippen LogP contribution in [-0.2, 0) is 23.9 Å². The molecule has 2 bridgehead atoms. The Hall–Kier alpha value is -2.76. The molecule has 0 N–H and O–H groups in total. The minimum atomic E-state index is -1.46. The zero-order chi connectivity index (χ0) is 22.8. The second kappa shape index (κ2) is 7.39. The standard InChI is InChI=1S/C26H28O6/c1-13-9-10-14(2)26(25(30)31-3)21(13)22(32-24(29)15-7-5-4-6-8-15)19-16-11-17(18(27)12-16)20(19)23(26)28/h4-10,13-14,16-17,19-22H,11-12H2,1-3H3/t13?,14?,16-,17-,19?,20?,21-,22?,26-/m0/s1. The number of rotatable bonds is 3. The summed E-state index contributed by atoms with van der Waals surface area (Å²) < 4.78 is 11.4. The number of benzene rings is 1. The van der Waals surface area contributed by atoms with E-state index in [1.165, 1.54) is 7.11 Å². The smallest absolute Gasteiger partial charge is 0.338 e. The molecule has 0 radical (unpaired) electrons. The molecule has 9 atom stereocenters. The highest BCUT2D eigenvalue weighted by Gasteiger charge is 2.73. The summed E-state index contributed by atoms with van der Waals surface area (Å²) in [5.41, 5.74) is -1.04. The maximum absolute atomic E-state index is 14.1. The first-order chi connectivity index (χ1) is 15.3. The third kappa shape index (κ3) is 2.64. The highest BCUT2D eigenvalue weighted by atomic mass is 16.5. The molecular formula is C26H28O6. The van der Waals surface area contributed by atoms with Crippen LogP contribution in [0.25, 0.3) is 0 Å². The Morgan fingerprint density at radius 1 is 1.06 bits per heavy atom. The lowest BCUT2D eigenvalue weighted by atomic mass is 9.46. The van der Waals surface area contributed by atoms with Gasteiger partial charge in [0.1, 0.15) is 17.3 Å². The zero-order valence-corrected chi connectivity index (χ0v) is 18.5. The average molecular weight is 437 g/mol. The SMILES string of the molecule is COC(=O)[C@]12C(=O)C3C(C(OC(=O)c4ccccc4)[C@@H]1C(C)C=CC2C)[C@@H]1CC(=O)[C@@H]3C1. The van der Waals surface area contributed by atoms with Crippen LogP contribution in [0.5, 0.6) is 0 Å². The first-order valence-corrected chi connectivity index (χ1v) is 11.4. The van der Waals surface area contributed by atoms with Gasteiger partial charge in [0.25, 0.3) is 0 Å². The summed E-state index contributed by atoms with van der Waals surface area (Å²) in [6.45, 7) is 3.80. The van der Waals surface area contributed by atoms with E-state index in [1.54, 1.807) is 24.3 Å². The Labute approximate surface area is 187 Å². The van der Waals surface area contributed by atoms with Gasteiger partial charge in [-0.3, -0.25) is 14.4 Å².